The molecule has 10 aliphatic carbocycles. The van der Waals surface area contributed by atoms with Gasteiger partial charge in [-0.25, -0.2) is 4.98 Å². The molecule has 3 heterocycles. The van der Waals surface area contributed by atoms with Gasteiger partial charge in [-0.15, -0.1) is 0 Å². The second kappa shape index (κ2) is 20.7. The molecule has 3 spiro atoms. The van der Waals surface area contributed by atoms with Crippen molar-refractivity contribution in [1.82, 2.24) is 25.5 Å². The molecule has 2 aliphatic heterocycles. The fourth-order valence-corrected chi connectivity index (χ4v) is 27.5. The molecule has 11 N–H and O–H groups in total. The Morgan fingerprint density at radius 1 is 0.950 bits per heavy atom. The van der Waals surface area contributed by atoms with Gasteiger partial charge in [0.25, 0.3) is 0 Å². The molecule has 2 saturated heterocycles. The minimum absolute atomic E-state index is 0.0905. The lowest BCUT2D eigenvalue weighted by atomic mass is 9.40. The predicted octanol–water partition coefficient (Wildman–Crippen LogP) is 7.61. The number of aliphatic hydroxyl groups excluding tert-OH is 5. The first-order valence-electron chi connectivity index (χ1n) is 31.8. The first-order chi connectivity index (χ1) is 38.3. The summed E-state index contributed by atoms with van der Waals surface area (Å²) in [6.07, 6.45) is 23.8. The molecule has 16 heteroatoms. The van der Waals surface area contributed by atoms with E-state index in [4.69, 9.17) is 15.7 Å². The highest BCUT2D eigenvalue weighted by molar-refractivity contribution is 8.77. The van der Waals surface area contributed by atoms with Crippen molar-refractivity contribution in [2.45, 2.75) is 197 Å². The van der Waals surface area contributed by atoms with E-state index in [1.54, 1.807) is 29.7 Å². The van der Waals surface area contributed by atoms with Gasteiger partial charge in [-0.05, 0) is 199 Å². The molecule has 9 fully saturated rings. The summed E-state index contributed by atoms with van der Waals surface area (Å²) in [6.45, 7) is 10.7. The van der Waals surface area contributed by atoms with Gasteiger partial charge in [0, 0.05) is 77.0 Å². The topological polar surface area (TPSA) is 231 Å². The van der Waals surface area contributed by atoms with Crippen molar-refractivity contribution in [2.75, 3.05) is 45.6 Å². The largest absolute Gasteiger partial charge is 0.396 e. The quantitative estimate of drug-likeness (QED) is 0.0417. The number of nitrogens with zero attached hydrogens (tertiary/aromatic N) is 3. The molecule has 1 aromatic heterocycles. The number of nitrogens with two attached hydrogens (primary N) is 1. The predicted molar refractivity (Wildman–Crippen MR) is 316 cm³/mol. The van der Waals surface area contributed by atoms with E-state index in [9.17, 15) is 25.5 Å². The number of aliphatic hydroxyl groups is 6. The highest BCUT2D eigenvalue weighted by atomic mass is 33.1. The first-order valence-corrected chi connectivity index (χ1v) is 34.1. The lowest BCUT2D eigenvalue weighted by Gasteiger charge is -2.66. The second-order valence-electron chi connectivity index (χ2n) is 29.6. The van der Waals surface area contributed by atoms with Gasteiger partial charge in [0.1, 0.15) is 6.23 Å². The molecule has 0 radical (unpaired) electrons. The Kier molecular flexibility index (Phi) is 14.7. The summed E-state index contributed by atoms with van der Waals surface area (Å²) in [5.74, 6) is -1.71. The third-order valence-corrected chi connectivity index (χ3v) is 29.2. The Balaban J connectivity index is 1.06. The van der Waals surface area contributed by atoms with E-state index in [1.807, 2.05) is 41.2 Å². The molecule has 0 amide bonds. The van der Waals surface area contributed by atoms with Crippen molar-refractivity contribution in [2.24, 2.45) is 97.0 Å². The van der Waals surface area contributed by atoms with Crippen molar-refractivity contribution in [3.63, 3.8) is 0 Å². The zero-order valence-corrected chi connectivity index (χ0v) is 50.3. The minimum Gasteiger partial charge on any atom is -0.396 e. The number of carbonyl (C=O) groups excluding carboxylic acids is 1. The summed E-state index contributed by atoms with van der Waals surface area (Å²) >= 11 is 0. The van der Waals surface area contributed by atoms with Crippen molar-refractivity contribution < 1.29 is 35.4 Å². The van der Waals surface area contributed by atoms with Gasteiger partial charge in [0.2, 0.25) is 0 Å². The SMILES string of the molecule is CNC[C@H]1[C@@H](O)[C@@H](O)C[C@]2(C)[C@@H]3C(=CC(=O)[C@H]12)[C@]1(O)[C@@H]2C[C@H]([C@@H]4C[C@H]5CCCC6=C5[C@H](C(=C5CCCC7(CCCC7)[C@H]65)C(C)(C)C[C@@H](n5ccnc5)CSS[C@]25CCCC52CCNCC2)[C@H]4O)[C@@]1(CO)C[C@H]3CN=C(N)N[C@@H](C)O. The highest BCUT2D eigenvalue weighted by Gasteiger charge is 2.80. The Bertz CT molecular complexity index is 2660. The van der Waals surface area contributed by atoms with Gasteiger partial charge >= 0.3 is 0 Å². The van der Waals surface area contributed by atoms with Gasteiger partial charge in [0.05, 0.1) is 36.8 Å². The van der Waals surface area contributed by atoms with Crippen molar-refractivity contribution in [3.05, 3.63) is 52.7 Å². The number of allylic oxidation sites excluding steroid dienone is 3. The van der Waals surface area contributed by atoms with Crippen LogP contribution >= 0.6 is 21.6 Å². The van der Waals surface area contributed by atoms with E-state index >= 15 is 9.90 Å². The van der Waals surface area contributed by atoms with Gasteiger partial charge in [-0.2, -0.15) is 0 Å². The summed E-state index contributed by atoms with van der Waals surface area (Å²) in [4.78, 5) is 25.5. The average molecular weight is 1140 g/mol. The van der Waals surface area contributed by atoms with Crippen LogP contribution in [0.15, 0.2) is 57.7 Å². The zero-order chi connectivity index (χ0) is 55.9. The molecule has 80 heavy (non-hydrogen) atoms. The van der Waals surface area contributed by atoms with Gasteiger partial charge < -0.3 is 56.9 Å². The number of hydrogen-bond donors (Lipinski definition) is 10. The summed E-state index contributed by atoms with van der Waals surface area (Å²) in [6, 6.07) is 0.112. The third kappa shape index (κ3) is 8.16. The summed E-state index contributed by atoms with van der Waals surface area (Å²) in [5, 5.41) is 87.7. The molecule has 7 saturated carbocycles. The highest BCUT2D eigenvalue weighted by Crippen LogP contribution is 2.79. The molecule has 442 valence electrons. The lowest BCUT2D eigenvalue weighted by Crippen LogP contribution is -2.70. The van der Waals surface area contributed by atoms with E-state index in [-0.39, 0.29) is 83.2 Å². The number of carbonyl (C=O) groups is 1. The molecule has 4 bridgehead atoms. The smallest absolute Gasteiger partial charge is 0.190 e. The first kappa shape index (κ1) is 56.9. The van der Waals surface area contributed by atoms with Gasteiger partial charge in [0.15, 0.2) is 11.7 Å². The van der Waals surface area contributed by atoms with Crippen molar-refractivity contribution in [3.8, 4) is 0 Å². The Hall–Kier alpha value is -2.25. The zero-order valence-electron chi connectivity index (χ0n) is 48.7. The Morgan fingerprint density at radius 3 is 2.44 bits per heavy atom. The maximum atomic E-state index is 15.8. The fourth-order valence-electron chi connectivity index (χ4n) is 23.2. The molecule has 0 unspecified atom stereocenters. The Morgan fingerprint density at radius 2 is 1.71 bits per heavy atom. The standard InChI is InChI=1S/C64H97N7O7S2/c1-36(73)70-57(65)69-31-38-28-62(34-72)44-27-48(64(62,78)45-26-46(74)53-43(32-66-5)55(76)47(75)30-59(53,4)51(38)45)63(18-10-17-61(63)19-21-67-22-20-61)80-79-33-39(71-24-23-68-35-71)29-58(2,3)54-41-13-9-16-60(14-6-7-15-60)52(41)40-12-8-11-37-25-42(44)56(77)50(54)49(37)40/h23-24,26,35-39,42-44,47-48,50-53,55-56,66-67,72-73,75-78H,6-22,25,27-34H2,1-5H3,(H3,65,69,70)/t36-,37-,38+,39-,42+,43-,44-,47+,48-,50-,51+,52-,53+,55-,56+,59-,62+,63-,64+/m1/s1. The van der Waals surface area contributed by atoms with Crippen LogP contribution in [0.2, 0.25) is 0 Å². The van der Waals surface area contributed by atoms with Crippen LogP contribution in [-0.4, -0.2) is 132 Å². The van der Waals surface area contributed by atoms with Crippen LogP contribution in [0.25, 0.3) is 0 Å². The molecule has 0 aromatic carbocycles. The Labute approximate surface area is 484 Å². The summed E-state index contributed by atoms with van der Waals surface area (Å²) < 4.78 is 1.89. The van der Waals surface area contributed by atoms with Crippen LogP contribution in [-0.2, 0) is 4.79 Å². The van der Waals surface area contributed by atoms with Crippen LogP contribution in [0.1, 0.15) is 162 Å². The minimum atomic E-state index is -1.70. The second-order valence-corrected chi connectivity index (χ2v) is 32.2. The number of ketones is 1. The molecule has 14 nitrogen and oxygen atoms in total. The van der Waals surface area contributed by atoms with E-state index in [2.05, 4.69) is 47.5 Å². The van der Waals surface area contributed by atoms with E-state index in [1.165, 1.54) is 44.1 Å². The van der Waals surface area contributed by atoms with Crippen molar-refractivity contribution >= 4 is 33.3 Å². The van der Waals surface area contributed by atoms with E-state index in [0.717, 1.165) is 89.5 Å². The van der Waals surface area contributed by atoms with Crippen LogP contribution in [0, 0.1) is 86.3 Å². The maximum Gasteiger partial charge on any atom is 0.190 e. The van der Waals surface area contributed by atoms with Crippen LogP contribution in [0.4, 0.5) is 0 Å². The van der Waals surface area contributed by atoms with Gasteiger partial charge in [-0.3, -0.25) is 9.79 Å². The van der Waals surface area contributed by atoms with Crippen molar-refractivity contribution in [1.29, 1.82) is 0 Å². The van der Waals surface area contributed by atoms with Crippen LogP contribution in [0.3, 0.4) is 0 Å². The van der Waals surface area contributed by atoms with E-state index < -0.39 is 69.4 Å². The molecular formula is C64H97N7O7S2. The fraction of sp³-hybridized carbons (Fsp3) is 0.828. The third-order valence-electron chi connectivity index (χ3n) is 25.6. The summed E-state index contributed by atoms with van der Waals surface area (Å²) in [5.41, 5.74) is 9.72. The molecule has 13 rings (SSSR count). The summed E-state index contributed by atoms with van der Waals surface area (Å²) in [7, 11) is 5.84. The number of guanidine groups is 1. The van der Waals surface area contributed by atoms with Crippen LogP contribution in [0.5, 0.6) is 0 Å². The lowest BCUT2D eigenvalue weighted by molar-refractivity contribution is -0.199. The number of aromatic nitrogens is 2. The van der Waals surface area contributed by atoms with E-state index in [0.29, 0.717) is 30.9 Å². The monoisotopic (exact) mass is 1140 g/mol. The molecule has 1 aromatic rings. The number of fused-ring (bicyclic) bond motifs is 16. The van der Waals surface area contributed by atoms with Gasteiger partial charge in [-0.1, -0.05) is 83.9 Å². The van der Waals surface area contributed by atoms with Crippen LogP contribution < -0.4 is 21.7 Å². The number of imidazole rings is 1. The maximum absolute atomic E-state index is 15.8. The number of rotatable bonds is 7. The average Bonchev–Trinajstić information content (AvgIpc) is 1.62. The molecular weight excluding hydrogens is 1040 g/mol. The number of aliphatic imine (C=N–C) groups is 1. The number of piperidine rings is 1. The molecule has 19 atom stereocenters. The molecule has 12 aliphatic rings. The number of hydrogen-bond acceptors (Lipinski definition) is 13. The normalized spacial score (nSPS) is 45.9. The number of nitrogens with one attached hydrogen (secondary N) is 3.